The van der Waals surface area contributed by atoms with Crippen molar-refractivity contribution in [2.75, 3.05) is 0 Å². The van der Waals surface area contributed by atoms with Gasteiger partial charge in [0.15, 0.2) is 0 Å². The topological polar surface area (TPSA) is 30.7 Å². The number of hydrogen-bond donors (Lipinski definition) is 0. The van der Waals surface area contributed by atoms with Crippen molar-refractivity contribution >= 4 is 34.2 Å². The maximum atomic E-state index is 5.98. The summed E-state index contributed by atoms with van der Waals surface area (Å²) < 4.78 is 1.32. The van der Waals surface area contributed by atoms with Gasteiger partial charge in [-0.1, -0.05) is 17.3 Å². The largest absolute Gasteiger partial charge is 0.244 e. The molecule has 2 aromatic rings. The lowest BCUT2D eigenvalue weighted by atomic mass is 10.3. The molecule has 1 aliphatic carbocycles. The van der Waals surface area contributed by atoms with Gasteiger partial charge in [0.1, 0.15) is 9.85 Å². The second-order valence-electron chi connectivity index (χ2n) is 3.92. The van der Waals surface area contributed by atoms with Crippen molar-refractivity contribution in [1.82, 2.24) is 15.0 Å². The molecule has 15 heavy (non-hydrogen) atoms. The van der Waals surface area contributed by atoms with Crippen LogP contribution in [0.2, 0.25) is 0 Å². The molecule has 5 heteroatoms. The quantitative estimate of drug-likeness (QED) is 0.758. The zero-order chi connectivity index (χ0) is 10.5. The van der Waals surface area contributed by atoms with Crippen molar-refractivity contribution < 1.29 is 0 Å². The zero-order valence-electron chi connectivity index (χ0n) is 7.90. The van der Waals surface area contributed by atoms with E-state index in [1.807, 2.05) is 28.9 Å². The standard InChI is InChI=1S/C10H9Cl2N3/c11-10(12)5-7(10)6-15-9-4-2-1-3-8(9)13-14-15/h1-4,7H,5-6H2/t7-/m0/s1. The summed E-state index contributed by atoms with van der Waals surface area (Å²) in [5, 5.41) is 8.16. The smallest absolute Gasteiger partial charge is 0.123 e. The predicted molar refractivity (Wildman–Crippen MR) is 60.1 cm³/mol. The molecule has 1 heterocycles. The van der Waals surface area contributed by atoms with Gasteiger partial charge in [0.25, 0.3) is 0 Å². The Labute approximate surface area is 97.0 Å². The van der Waals surface area contributed by atoms with Crippen LogP contribution in [0.3, 0.4) is 0 Å². The lowest BCUT2D eigenvalue weighted by Crippen LogP contribution is -2.05. The Morgan fingerprint density at radius 1 is 1.40 bits per heavy atom. The van der Waals surface area contributed by atoms with E-state index >= 15 is 0 Å². The van der Waals surface area contributed by atoms with Gasteiger partial charge in [-0.2, -0.15) is 0 Å². The average Bonchev–Trinajstić information content (AvgIpc) is 2.64. The van der Waals surface area contributed by atoms with Gasteiger partial charge < -0.3 is 0 Å². The molecule has 1 aromatic heterocycles. The van der Waals surface area contributed by atoms with E-state index in [-0.39, 0.29) is 0 Å². The minimum Gasteiger partial charge on any atom is -0.244 e. The van der Waals surface area contributed by atoms with Crippen LogP contribution in [0.25, 0.3) is 11.0 Å². The van der Waals surface area contributed by atoms with Crippen molar-refractivity contribution in [3.8, 4) is 0 Å². The van der Waals surface area contributed by atoms with E-state index in [9.17, 15) is 0 Å². The SMILES string of the molecule is ClC1(Cl)C[C@H]1Cn1nnc2ccccc21. The molecule has 0 bridgehead atoms. The molecule has 0 radical (unpaired) electrons. The highest BCUT2D eigenvalue weighted by Crippen LogP contribution is 2.53. The van der Waals surface area contributed by atoms with Gasteiger partial charge in [-0.25, -0.2) is 4.68 Å². The summed E-state index contributed by atoms with van der Waals surface area (Å²) in [6.45, 7) is 0.744. The molecule has 0 unspecified atom stereocenters. The van der Waals surface area contributed by atoms with Gasteiger partial charge in [0, 0.05) is 12.5 Å². The van der Waals surface area contributed by atoms with Crippen LogP contribution in [0.4, 0.5) is 0 Å². The third-order valence-corrected chi connectivity index (χ3v) is 3.70. The molecule has 1 atom stereocenters. The molecule has 0 saturated heterocycles. The van der Waals surface area contributed by atoms with E-state index in [4.69, 9.17) is 23.2 Å². The summed E-state index contributed by atoms with van der Waals surface area (Å²) in [5.74, 6) is 0.297. The summed E-state index contributed by atoms with van der Waals surface area (Å²) in [6, 6.07) is 7.87. The number of fused-ring (bicyclic) bond motifs is 1. The fraction of sp³-hybridized carbons (Fsp3) is 0.400. The highest BCUT2D eigenvalue weighted by molar-refractivity contribution is 6.50. The van der Waals surface area contributed by atoms with Gasteiger partial charge in [-0.05, 0) is 18.6 Å². The number of aromatic nitrogens is 3. The van der Waals surface area contributed by atoms with E-state index in [0.29, 0.717) is 5.92 Å². The van der Waals surface area contributed by atoms with Crippen LogP contribution < -0.4 is 0 Å². The molecule has 0 aliphatic heterocycles. The lowest BCUT2D eigenvalue weighted by Gasteiger charge is -2.01. The lowest BCUT2D eigenvalue weighted by molar-refractivity contribution is 0.555. The molecular formula is C10H9Cl2N3. The number of halogens is 2. The first-order valence-corrected chi connectivity index (χ1v) is 5.58. The second-order valence-corrected chi connectivity index (χ2v) is 5.46. The van der Waals surface area contributed by atoms with E-state index in [1.54, 1.807) is 0 Å². The Morgan fingerprint density at radius 3 is 2.87 bits per heavy atom. The van der Waals surface area contributed by atoms with Gasteiger partial charge >= 0.3 is 0 Å². The highest BCUT2D eigenvalue weighted by Gasteiger charge is 2.51. The predicted octanol–water partition coefficient (Wildman–Crippen LogP) is 2.63. The van der Waals surface area contributed by atoms with Crippen LogP contribution in [0.5, 0.6) is 0 Å². The van der Waals surface area contributed by atoms with Crippen LogP contribution in [0.1, 0.15) is 6.42 Å². The van der Waals surface area contributed by atoms with Crippen LogP contribution >= 0.6 is 23.2 Å². The molecular weight excluding hydrogens is 233 g/mol. The zero-order valence-corrected chi connectivity index (χ0v) is 9.41. The normalized spacial score (nSPS) is 23.2. The van der Waals surface area contributed by atoms with E-state index in [2.05, 4.69) is 10.3 Å². The number of benzene rings is 1. The Hall–Kier alpha value is -0.800. The third-order valence-electron chi connectivity index (χ3n) is 2.77. The number of hydrogen-bond acceptors (Lipinski definition) is 2. The monoisotopic (exact) mass is 241 g/mol. The van der Waals surface area contributed by atoms with Gasteiger partial charge in [0.2, 0.25) is 0 Å². The molecule has 78 valence electrons. The molecule has 0 spiro atoms. The molecule has 1 aromatic carbocycles. The molecule has 0 amide bonds. The van der Waals surface area contributed by atoms with Gasteiger partial charge in [-0.3, -0.25) is 0 Å². The minimum atomic E-state index is -0.549. The number of alkyl halides is 2. The van der Waals surface area contributed by atoms with Crippen LogP contribution in [0.15, 0.2) is 24.3 Å². The van der Waals surface area contributed by atoms with Crippen molar-refractivity contribution in [3.63, 3.8) is 0 Å². The Morgan fingerprint density at radius 2 is 2.13 bits per heavy atom. The average molecular weight is 242 g/mol. The first-order chi connectivity index (χ1) is 7.17. The Balaban J connectivity index is 1.92. The minimum absolute atomic E-state index is 0.297. The fourth-order valence-electron chi connectivity index (χ4n) is 1.73. The molecule has 1 saturated carbocycles. The van der Waals surface area contributed by atoms with E-state index < -0.39 is 4.33 Å². The van der Waals surface area contributed by atoms with Gasteiger partial charge in [0.05, 0.1) is 5.52 Å². The molecule has 3 nitrogen and oxygen atoms in total. The maximum absolute atomic E-state index is 5.98. The van der Waals surface area contributed by atoms with Crippen molar-refractivity contribution in [3.05, 3.63) is 24.3 Å². The highest BCUT2D eigenvalue weighted by atomic mass is 35.5. The van der Waals surface area contributed by atoms with Crippen molar-refractivity contribution in [1.29, 1.82) is 0 Å². The van der Waals surface area contributed by atoms with E-state index in [0.717, 1.165) is 24.0 Å². The molecule has 3 rings (SSSR count). The van der Waals surface area contributed by atoms with Crippen LogP contribution in [-0.2, 0) is 6.54 Å². The Kier molecular flexibility index (Phi) is 1.94. The summed E-state index contributed by atoms with van der Waals surface area (Å²) in [7, 11) is 0. The van der Waals surface area contributed by atoms with Crippen molar-refractivity contribution in [2.24, 2.45) is 5.92 Å². The summed E-state index contributed by atoms with van der Waals surface area (Å²) in [5.41, 5.74) is 1.95. The van der Waals surface area contributed by atoms with Crippen molar-refractivity contribution in [2.45, 2.75) is 17.3 Å². The van der Waals surface area contributed by atoms with E-state index in [1.165, 1.54) is 0 Å². The summed E-state index contributed by atoms with van der Waals surface area (Å²) in [6.07, 6.45) is 0.838. The Bertz CT molecular complexity index is 506. The first-order valence-electron chi connectivity index (χ1n) is 4.83. The molecule has 1 fully saturated rings. The molecule has 1 aliphatic rings. The number of rotatable bonds is 2. The summed E-state index contributed by atoms with van der Waals surface area (Å²) >= 11 is 12.0. The van der Waals surface area contributed by atoms with Crippen LogP contribution in [-0.4, -0.2) is 19.3 Å². The second kappa shape index (κ2) is 3.09. The van der Waals surface area contributed by atoms with Gasteiger partial charge in [-0.15, -0.1) is 28.3 Å². The third kappa shape index (κ3) is 1.60. The number of nitrogens with zero attached hydrogens (tertiary/aromatic N) is 3. The number of para-hydroxylation sites is 1. The summed E-state index contributed by atoms with van der Waals surface area (Å²) in [4.78, 5) is 0. The fourth-order valence-corrected chi connectivity index (χ4v) is 2.24. The molecule has 0 N–H and O–H groups in total. The van der Waals surface area contributed by atoms with Crippen LogP contribution in [0, 0.1) is 5.92 Å². The maximum Gasteiger partial charge on any atom is 0.123 e. The first kappa shape index (κ1) is 9.43.